The number of carbonyl (C=O) groups is 4. The van der Waals surface area contributed by atoms with Crippen molar-refractivity contribution in [3.63, 3.8) is 0 Å². The number of ether oxygens (including phenoxy) is 4. The molecule has 0 aromatic heterocycles. The Bertz CT molecular complexity index is 1940. The molecular weight excluding hydrogens is 1310 g/mol. The van der Waals surface area contributed by atoms with Gasteiger partial charge in [0.25, 0.3) is 0 Å². The molecule has 0 aromatic carbocycles. The third-order valence-electron chi connectivity index (χ3n) is 18.9. The first-order valence-electron chi connectivity index (χ1n) is 41.8. The van der Waals surface area contributed by atoms with Crippen LogP contribution in [0.3, 0.4) is 0 Å². The molecule has 594 valence electrons. The summed E-state index contributed by atoms with van der Waals surface area (Å²) < 4.78 is 68.7. The summed E-state index contributed by atoms with van der Waals surface area (Å²) in [5.41, 5.74) is 0. The van der Waals surface area contributed by atoms with Crippen molar-refractivity contribution in [1.82, 2.24) is 0 Å². The van der Waals surface area contributed by atoms with Crippen LogP contribution in [0.2, 0.25) is 0 Å². The molecule has 0 amide bonds. The fraction of sp³-hybridized carbons (Fsp3) is 0.951. The maximum atomic E-state index is 13.1. The molecule has 0 aromatic rings. The minimum absolute atomic E-state index is 0.107. The van der Waals surface area contributed by atoms with Crippen molar-refractivity contribution in [1.29, 1.82) is 0 Å². The first-order valence-corrected chi connectivity index (χ1v) is 44.8. The van der Waals surface area contributed by atoms with E-state index in [0.717, 1.165) is 108 Å². The van der Waals surface area contributed by atoms with Crippen LogP contribution in [0.5, 0.6) is 0 Å². The quantitative estimate of drug-likeness (QED) is 0.0222. The summed E-state index contributed by atoms with van der Waals surface area (Å²) in [7, 11) is -9.92. The van der Waals surface area contributed by atoms with Crippen LogP contribution in [-0.4, -0.2) is 96.7 Å². The molecule has 17 nitrogen and oxygen atoms in total. The molecule has 2 unspecified atom stereocenters. The molecule has 0 aliphatic carbocycles. The van der Waals surface area contributed by atoms with Gasteiger partial charge in [0.2, 0.25) is 0 Å². The van der Waals surface area contributed by atoms with Gasteiger partial charge in [0, 0.05) is 25.7 Å². The molecular formula is C81H158O17P2. The molecule has 0 saturated carbocycles. The molecule has 0 aliphatic heterocycles. The molecule has 5 atom stereocenters. The van der Waals surface area contributed by atoms with Crippen LogP contribution >= 0.6 is 15.6 Å². The van der Waals surface area contributed by atoms with Crippen LogP contribution in [-0.2, 0) is 65.4 Å². The van der Waals surface area contributed by atoms with Gasteiger partial charge in [-0.2, -0.15) is 0 Å². The molecule has 0 spiro atoms. The topological polar surface area (TPSA) is 237 Å². The van der Waals surface area contributed by atoms with Crippen molar-refractivity contribution >= 4 is 39.5 Å². The minimum Gasteiger partial charge on any atom is -0.462 e. The van der Waals surface area contributed by atoms with E-state index in [1.165, 1.54) is 225 Å². The van der Waals surface area contributed by atoms with E-state index in [1.54, 1.807) is 0 Å². The summed E-state index contributed by atoms with van der Waals surface area (Å²) in [4.78, 5) is 73.0. The Balaban J connectivity index is 5.21. The summed E-state index contributed by atoms with van der Waals surface area (Å²) in [5.74, 6) is 0.189. The lowest BCUT2D eigenvalue weighted by Gasteiger charge is -2.21. The molecule has 0 bridgehead atoms. The van der Waals surface area contributed by atoms with E-state index < -0.39 is 97.5 Å². The number of esters is 4. The highest BCUT2D eigenvalue weighted by Gasteiger charge is 2.30. The van der Waals surface area contributed by atoms with E-state index in [1.807, 2.05) is 0 Å². The number of phosphoric acid groups is 2. The zero-order valence-corrected chi connectivity index (χ0v) is 67.5. The van der Waals surface area contributed by atoms with Gasteiger partial charge in [0.1, 0.15) is 19.3 Å². The van der Waals surface area contributed by atoms with Gasteiger partial charge in [-0.05, 0) is 43.4 Å². The molecule has 3 N–H and O–H groups in total. The largest absolute Gasteiger partial charge is 0.472 e. The lowest BCUT2D eigenvalue weighted by atomic mass is 10.0. The van der Waals surface area contributed by atoms with Crippen LogP contribution in [0.25, 0.3) is 0 Å². The monoisotopic (exact) mass is 1470 g/mol. The number of phosphoric ester groups is 2. The van der Waals surface area contributed by atoms with Gasteiger partial charge < -0.3 is 33.8 Å². The number of hydrogen-bond donors (Lipinski definition) is 3. The van der Waals surface area contributed by atoms with Crippen LogP contribution in [0.1, 0.15) is 421 Å². The highest BCUT2D eigenvalue weighted by molar-refractivity contribution is 7.47. The lowest BCUT2D eigenvalue weighted by Crippen LogP contribution is -2.30. The maximum absolute atomic E-state index is 13.1. The predicted molar refractivity (Wildman–Crippen MR) is 409 cm³/mol. The third kappa shape index (κ3) is 74.3. The molecule has 0 fully saturated rings. The predicted octanol–water partition coefficient (Wildman–Crippen LogP) is 24.1. The Hall–Kier alpha value is -1.94. The van der Waals surface area contributed by atoms with E-state index in [-0.39, 0.29) is 25.7 Å². The van der Waals surface area contributed by atoms with Gasteiger partial charge in [-0.1, -0.05) is 370 Å². The Morgan fingerprint density at radius 3 is 0.680 bits per heavy atom. The van der Waals surface area contributed by atoms with Gasteiger partial charge in [-0.3, -0.25) is 37.3 Å². The second-order valence-corrected chi connectivity index (χ2v) is 33.5. The highest BCUT2D eigenvalue weighted by Crippen LogP contribution is 2.45. The van der Waals surface area contributed by atoms with Crippen LogP contribution in [0.4, 0.5) is 0 Å². The Morgan fingerprint density at radius 1 is 0.270 bits per heavy atom. The van der Waals surface area contributed by atoms with Gasteiger partial charge in [-0.25, -0.2) is 9.13 Å². The fourth-order valence-electron chi connectivity index (χ4n) is 12.5. The number of aliphatic hydroxyl groups is 1. The van der Waals surface area contributed by atoms with Crippen molar-refractivity contribution in [2.75, 3.05) is 39.6 Å². The summed E-state index contributed by atoms with van der Waals surface area (Å²) in [6.45, 7) is 11.9. The summed E-state index contributed by atoms with van der Waals surface area (Å²) in [6, 6.07) is 0. The molecule has 0 saturated heterocycles. The number of carbonyl (C=O) groups excluding carboxylic acids is 4. The van der Waals surface area contributed by atoms with Crippen molar-refractivity contribution in [2.45, 2.75) is 439 Å². The van der Waals surface area contributed by atoms with Crippen molar-refractivity contribution in [2.24, 2.45) is 17.8 Å². The molecule has 0 aliphatic rings. The number of unbranched alkanes of at least 4 members (excludes halogenated alkanes) is 47. The third-order valence-corrected chi connectivity index (χ3v) is 20.8. The number of aliphatic hydroxyl groups excluding tert-OH is 1. The minimum atomic E-state index is -4.96. The summed E-state index contributed by atoms with van der Waals surface area (Å²) in [5, 5.41) is 10.6. The zero-order chi connectivity index (χ0) is 73.7. The molecule has 0 radical (unpaired) electrons. The van der Waals surface area contributed by atoms with Crippen LogP contribution in [0.15, 0.2) is 0 Å². The first-order chi connectivity index (χ1) is 48.2. The van der Waals surface area contributed by atoms with Gasteiger partial charge in [-0.15, -0.1) is 0 Å². The SMILES string of the molecule is CCCCCCCCCCCCCCCC(=O)O[C@H](COC(=O)CCCCCCCCC(C)C)COP(=O)(O)OC[C@H](O)COP(=O)(O)OC[C@@H](COC(=O)CCCCCCCCCCCCCCCCCCC(C)C)OC(=O)CCCCCCCCCCCCCCCCCCC(C)C. The van der Waals surface area contributed by atoms with Crippen LogP contribution in [0, 0.1) is 17.8 Å². The first kappa shape index (κ1) is 98.1. The van der Waals surface area contributed by atoms with E-state index in [0.29, 0.717) is 31.6 Å². The zero-order valence-electron chi connectivity index (χ0n) is 65.7. The second kappa shape index (κ2) is 71.3. The molecule has 0 heterocycles. The van der Waals surface area contributed by atoms with Gasteiger partial charge >= 0.3 is 39.5 Å². The Kier molecular flexibility index (Phi) is 69.9. The average Bonchev–Trinajstić information content (AvgIpc) is 0.940. The Morgan fingerprint density at radius 2 is 0.460 bits per heavy atom. The number of rotatable bonds is 79. The second-order valence-electron chi connectivity index (χ2n) is 30.6. The molecule has 19 heteroatoms. The smallest absolute Gasteiger partial charge is 0.462 e. The van der Waals surface area contributed by atoms with Crippen LogP contribution < -0.4 is 0 Å². The standard InChI is InChI=1S/C81H158O17P2/c1-8-9-10-11-12-13-14-23-31-36-41-50-57-64-81(86)98-77(69-92-79(84)63-56-49-44-43-47-54-61-74(6)7)71-96-100(89,90)94-67-75(82)66-93-99(87,88)95-70-76(97-80(85)65-58-51-42-37-32-27-22-18-16-20-25-29-34-39-46-53-60-73(4)5)68-91-78(83)62-55-48-40-35-30-26-21-17-15-19-24-28-33-38-45-52-59-72(2)3/h72-77,82H,8-71H2,1-7H3,(H,87,88)(H,89,90)/t75-,76-,77-/m1/s1. The van der Waals surface area contributed by atoms with E-state index in [2.05, 4.69) is 48.5 Å². The highest BCUT2D eigenvalue weighted by atomic mass is 31.2. The lowest BCUT2D eigenvalue weighted by molar-refractivity contribution is -0.161. The fourth-order valence-corrected chi connectivity index (χ4v) is 14.1. The molecule has 100 heavy (non-hydrogen) atoms. The Labute approximate surface area is 613 Å². The van der Waals surface area contributed by atoms with Crippen molar-refractivity contribution in [3.8, 4) is 0 Å². The van der Waals surface area contributed by atoms with Crippen molar-refractivity contribution in [3.05, 3.63) is 0 Å². The van der Waals surface area contributed by atoms with Gasteiger partial charge in [0.05, 0.1) is 26.4 Å². The normalized spacial score (nSPS) is 14.0. The van der Waals surface area contributed by atoms with Crippen molar-refractivity contribution < 1.29 is 80.2 Å². The summed E-state index contributed by atoms with van der Waals surface area (Å²) in [6.07, 6.45) is 59.8. The van der Waals surface area contributed by atoms with E-state index >= 15 is 0 Å². The number of hydrogen-bond acceptors (Lipinski definition) is 15. The summed E-state index contributed by atoms with van der Waals surface area (Å²) >= 11 is 0. The van der Waals surface area contributed by atoms with Gasteiger partial charge in [0.15, 0.2) is 12.2 Å². The maximum Gasteiger partial charge on any atom is 0.472 e. The van der Waals surface area contributed by atoms with E-state index in [9.17, 15) is 43.2 Å². The average molecular weight is 1470 g/mol. The molecule has 0 rings (SSSR count). The van der Waals surface area contributed by atoms with E-state index in [4.69, 9.17) is 37.0 Å².